The number of nitro groups is 1. The van der Waals surface area contributed by atoms with Crippen LogP contribution >= 0.6 is 0 Å². The van der Waals surface area contributed by atoms with Gasteiger partial charge in [0.05, 0.1) is 15.4 Å². The Morgan fingerprint density at radius 2 is 1.74 bits per heavy atom. The fourth-order valence-electron chi connectivity index (χ4n) is 1.83. The van der Waals surface area contributed by atoms with E-state index in [9.17, 15) is 18.5 Å². The van der Waals surface area contributed by atoms with E-state index in [1.165, 1.54) is 30.4 Å². The molecule has 23 heavy (non-hydrogen) atoms. The van der Waals surface area contributed by atoms with Crippen LogP contribution < -0.4 is 0 Å². The van der Waals surface area contributed by atoms with Crippen LogP contribution in [0.4, 0.5) is 5.69 Å². The van der Waals surface area contributed by atoms with Crippen molar-refractivity contribution >= 4 is 28.0 Å². The average molecular weight is 330 g/mol. The Kier molecular flexibility index (Phi) is 5.02. The van der Waals surface area contributed by atoms with Gasteiger partial charge in [0.1, 0.15) is 0 Å². The second-order valence-electron chi connectivity index (χ2n) is 4.72. The van der Waals surface area contributed by atoms with Gasteiger partial charge in [0.2, 0.25) is 0 Å². The van der Waals surface area contributed by atoms with Crippen LogP contribution in [0, 0.1) is 17.0 Å². The lowest BCUT2D eigenvalue weighted by molar-refractivity contribution is -0.385. The highest BCUT2D eigenvalue weighted by Gasteiger charge is 2.11. The van der Waals surface area contributed by atoms with Crippen molar-refractivity contribution in [3.63, 3.8) is 0 Å². The van der Waals surface area contributed by atoms with E-state index in [-0.39, 0.29) is 10.6 Å². The van der Waals surface area contributed by atoms with Gasteiger partial charge in [0, 0.05) is 12.3 Å². The number of nitrogens with zero attached hydrogens (tertiary/aromatic N) is 2. The Balaban J connectivity index is 2.18. The number of nitro benzene ring substituents is 1. The summed E-state index contributed by atoms with van der Waals surface area (Å²) in [7, 11) is -3.77. The van der Waals surface area contributed by atoms with Crippen molar-refractivity contribution in [3.05, 3.63) is 75.8 Å². The van der Waals surface area contributed by atoms with Gasteiger partial charge in [-0.3, -0.25) is 10.1 Å². The Hall–Kier alpha value is -2.80. The Morgan fingerprint density at radius 3 is 2.39 bits per heavy atom. The van der Waals surface area contributed by atoms with Gasteiger partial charge in [-0.1, -0.05) is 29.8 Å². The first kappa shape index (κ1) is 16.6. The number of para-hydroxylation sites is 1. The van der Waals surface area contributed by atoms with Gasteiger partial charge in [0.15, 0.2) is 0 Å². The summed E-state index contributed by atoms with van der Waals surface area (Å²) in [5.41, 5.74) is 1.26. The zero-order valence-electron chi connectivity index (χ0n) is 12.3. The molecule has 0 saturated carbocycles. The molecule has 0 aromatic heterocycles. The van der Waals surface area contributed by atoms with Crippen LogP contribution in [0.15, 0.2) is 63.9 Å². The molecule has 0 spiro atoms. The highest BCUT2D eigenvalue weighted by atomic mass is 32.2. The van der Waals surface area contributed by atoms with E-state index >= 15 is 0 Å². The standard InChI is InChI=1S/C16H14N2O4S/c1-13-8-10-15(11-9-13)23(21,22)17-12-4-6-14-5-2-3-7-16(14)18(19)20/h2-12H,1H3/b6-4+,17-12+. The predicted molar refractivity (Wildman–Crippen MR) is 89.0 cm³/mol. The number of allylic oxidation sites excluding steroid dienone is 1. The van der Waals surface area contributed by atoms with E-state index in [0.29, 0.717) is 5.56 Å². The lowest BCUT2D eigenvalue weighted by Crippen LogP contribution is -1.96. The monoisotopic (exact) mass is 330 g/mol. The van der Waals surface area contributed by atoms with Crippen LogP contribution in [-0.4, -0.2) is 19.6 Å². The zero-order chi connectivity index (χ0) is 16.9. The van der Waals surface area contributed by atoms with Gasteiger partial charge >= 0.3 is 0 Å². The predicted octanol–water partition coefficient (Wildman–Crippen LogP) is 3.38. The third-order valence-electron chi connectivity index (χ3n) is 3.01. The molecule has 6 nitrogen and oxygen atoms in total. The third-order valence-corrected chi connectivity index (χ3v) is 4.28. The molecule has 118 valence electrons. The lowest BCUT2D eigenvalue weighted by Gasteiger charge is -1.98. The normalized spacial score (nSPS) is 12.0. The van der Waals surface area contributed by atoms with Crippen LogP contribution in [0.2, 0.25) is 0 Å². The van der Waals surface area contributed by atoms with Crippen molar-refractivity contribution in [2.45, 2.75) is 11.8 Å². The van der Waals surface area contributed by atoms with E-state index in [0.717, 1.165) is 11.8 Å². The van der Waals surface area contributed by atoms with Crippen LogP contribution in [0.25, 0.3) is 6.08 Å². The van der Waals surface area contributed by atoms with Gasteiger partial charge in [0.25, 0.3) is 15.7 Å². The third kappa shape index (κ3) is 4.33. The van der Waals surface area contributed by atoms with Crippen molar-refractivity contribution in [2.24, 2.45) is 4.40 Å². The first-order valence-electron chi connectivity index (χ1n) is 6.67. The van der Waals surface area contributed by atoms with Crippen molar-refractivity contribution < 1.29 is 13.3 Å². The van der Waals surface area contributed by atoms with E-state index in [1.54, 1.807) is 30.3 Å². The van der Waals surface area contributed by atoms with E-state index in [2.05, 4.69) is 4.40 Å². The highest BCUT2D eigenvalue weighted by molar-refractivity contribution is 7.90. The van der Waals surface area contributed by atoms with Gasteiger partial charge in [-0.2, -0.15) is 12.8 Å². The van der Waals surface area contributed by atoms with Crippen LogP contribution in [-0.2, 0) is 10.0 Å². The maximum Gasteiger partial charge on any atom is 0.282 e. The molecule has 0 fully saturated rings. The van der Waals surface area contributed by atoms with Crippen molar-refractivity contribution in [3.8, 4) is 0 Å². The number of hydrogen-bond donors (Lipinski definition) is 0. The fraction of sp³-hybridized carbons (Fsp3) is 0.0625. The summed E-state index contributed by atoms with van der Waals surface area (Å²) < 4.78 is 27.5. The van der Waals surface area contributed by atoms with Gasteiger partial charge in [-0.05, 0) is 37.3 Å². The molecule has 0 aliphatic rings. The molecule has 0 N–H and O–H groups in total. The molecular formula is C16H14N2O4S. The smallest absolute Gasteiger partial charge is 0.258 e. The highest BCUT2D eigenvalue weighted by Crippen LogP contribution is 2.18. The summed E-state index contributed by atoms with van der Waals surface area (Å²) in [5, 5.41) is 10.9. The van der Waals surface area contributed by atoms with Crippen molar-refractivity contribution in [2.75, 3.05) is 0 Å². The quantitative estimate of drug-likeness (QED) is 0.477. The summed E-state index contributed by atoms with van der Waals surface area (Å²) in [5.74, 6) is 0. The fourth-order valence-corrected chi connectivity index (χ4v) is 2.66. The van der Waals surface area contributed by atoms with Crippen LogP contribution in [0.5, 0.6) is 0 Å². The minimum atomic E-state index is -3.77. The molecule has 2 aromatic carbocycles. The first-order chi connectivity index (χ1) is 10.9. The lowest BCUT2D eigenvalue weighted by atomic mass is 10.2. The molecule has 0 saturated heterocycles. The van der Waals surface area contributed by atoms with E-state index in [1.807, 2.05) is 6.92 Å². The number of hydrogen-bond acceptors (Lipinski definition) is 4. The molecular weight excluding hydrogens is 316 g/mol. The average Bonchev–Trinajstić information content (AvgIpc) is 2.52. The van der Waals surface area contributed by atoms with Gasteiger partial charge in [-0.25, -0.2) is 0 Å². The number of aryl methyl sites for hydroxylation is 1. The second-order valence-corrected chi connectivity index (χ2v) is 6.35. The minimum Gasteiger partial charge on any atom is -0.258 e. The van der Waals surface area contributed by atoms with Gasteiger partial charge < -0.3 is 0 Å². The molecule has 0 heterocycles. The Bertz CT molecular complexity index is 869. The number of benzene rings is 2. The van der Waals surface area contributed by atoms with E-state index < -0.39 is 14.9 Å². The molecule has 2 rings (SSSR count). The molecule has 0 amide bonds. The van der Waals surface area contributed by atoms with Crippen molar-refractivity contribution in [1.29, 1.82) is 0 Å². The van der Waals surface area contributed by atoms with Gasteiger partial charge in [-0.15, -0.1) is 0 Å². The Labute approximate surface area is 134 Å². The summed E-state index contributed by atoms with van der Waals surface area (Å²) in [4.78, 5) is 10.5. The van der Waals surface area contributed by atoms with Crippen molar-refractivity contribution in [1.82, 2.24) is 0 Å². The summed E-state index contributed by atoms with van der Waals surface area (Å²) >= 11 is 0. The molecule has 7 heteroatoms. The van der Waals surface area contributed by atoms with Crippen LogP contribution in [0.3, 0.4) is 0 Å². The summed E-state index contributed by atoms with van der Waals surface area (Å²) in [6.07, 6.45) is 3.90. The molecule has 2 aromatic rings. The zero-order valence-corrected chi connectivity index (χ0v) is 13.1. The van der Waals surface area contributed by atoms with E-state index in [4.69, 9.17) is 0 Å². The summed E-state index contributed by atoms with van der Waals surface area (Å²) in [6.45, 7) is 1.86. The minimum absolute atomic E-state index is 0.0569. The number of sulfonamides is 1. The molecule has 0 bridgehead atoms. The topological polar surface area (TPSA) is 89.6 Å². The second kappa shape index (κ2) is 6.97. The largest absolute Gasteiger partial charge is 0.282 e. The maximum atomic E-state index is 12.0. The first-order valence-corrected chi connectivity index (χ1v) is 8.11. The molecule has 0 unspecified atom stereocenters. The molecule has 0 aliphatic heterocycles. The Morgan fingerprint density at radius 1 is 1.09 bits per heavy atom. The number of rotatable bonds is 5. The molecule has 0 radical (unpaired) electrons. The SMILES string of the molecule is Cc1ccc(S(=O)(=O)/N=C/C=C/c2ccccc2[N+](=O)[O-])cc1. The molecule has 0 atom stereocenters. The summed E-state index contributed by atoms with van der Waals surface area (Å²) in [6, 6.07) is 12.5. The maximum absolute atomic E-state index is 12.0. The molecule has 0 aliphatic carbocycles. The van der Waals surface area contributed by atoms with Crippen LogP contribution in [0.1, 0.15) is 11.1 Å².